The summed E-state index contributed by atoms with van der Waals surface area (Å²) in [5.74, 6) is -0.458. The standard InChI is InChI=1S/C19H20FN3OS/c1-12-14(3)25-18(23-10-6-7-11-23)17(12)13(2)21-19(24)22-16-9-5-4-8-15(16)20/h4-11,13H,1-3H3,(H2,21,22,24)/t13-/m1/s1. The van der Waals surface area contributed by atoms with Crippen LogP contribution in [0.15, 0.2) is 48.8 Å². The number of carbonyl (C=O) groups is 1. The van der Waals surface area contributed by atoms with E-state index in [1.165, 1.54) is 17.0 Å². The highest BCUT2D eigenvalue weighted by atomic mass is 32.1. The number of para-hydroxylation sites is 1. The lowest BCUT2D eigenvalue weighted by Gasteiger charge is -2.17. The molecular weight excluding hydrogens is 337 g/mol. The predicted molar refractivity (Wildman–Crippen MR) is 100 cm³/mol. The van der Waals surface area contributed by atoms with Crippen molar-refractivity contribution >= 4 is 23.1 Å². The van der Waals surface area contributed by atoms with Crippen LogP contribution < -0.4 is 10.6 Å². The third-order valence-electron chi connectivity index (χ3n) is 4.15. The van der Waals surface area contributed by atoms with Crippen molar-refractivity contribution in [3.8, 4) is 5.00 Å². The largest absolute Gasteiger partial charge is 0.331 e. The lowest BCUT2D eigenvalue weighted by Crippen LogP contribution is -2.32. The number of hydrogen-bond acceptors (Lipinski definition) is 2. The van der Waals surface area contributed by atoms with Crippen molar-refractivity contribution in [1.82, 2.24) is 9.88 Å². The number of carbonyl (C=O) groups excluding carboxylic acids is 1. The molecule has 0 spiro atoms. The summed E-state index contributed by atoms with van der Waals surface area (Å²) in [7, 11) is 0. The van der Waals surface area contributed by atoms with E-state index < -0.39 is 11.8 Å². The fraction of sp³-hybridized carbons (Fsp3) is 0.211. The minimum atomic E-state index is -0.458. The SMILES string of the molecule is Cc1sc(-n2cccc2)c([C@@H](C)NC(=O)Nc2ccccc2F)c1C. The maximum Gasteiger partial charge on any atom is 0.319 e. The van der Waals surface area contributed by atoms with Gasteiger partial charge in [-0.25, -0.2) is 9.18 Å². The van der Waals surface area contributed by atoms with Crippen LogP contribution in [-0.4, -0.2) is 10.6 Å². The Balaban J connectivity index is 1.81. The highest BCUT2D eigenvalue weighted by molar-refractivity contribution is 7.14. The molecule has 0 aliphatic rings. The topological polar surface area (TPSA) is 46.1 Å². The molecule has 2 heterocycles. The first-order valence-electron chi connectivity index (χ1n) is 8.02. The molecule has 0 saturated heterocycles. The van der Waals surface area contributed by atoms with Gasteiger partial charge in [-0.05, 0) is 50.6 Å². The first-order chi connectivity index (χ1) is 12.0. The maximum atomic E-state index is 13.7. The van der Waals surface area contributed by atoms with Crippen LogP contribution in [0.1, 0.15) is 29.0 Å². The monoisotopic (exact) mass is 357 g/mol. The van der Waals surface area contributed by atoms with Gasteiger partial charge in [0.15, 0.2) is 0 Å². The molecule has 0 aliphatic heterocycles. The van der Waals surface area contributed by atoms with Gasteiger partial charge in [0.25, 0.3) is 0 Å². The van der Waals surface area contributed by atoms with Gasteiger partial charge in [-0.3, -0.25) is 0 Å². The molecule has 6 heteroatoms. The van der Waals surface area contributed by atoms with Crippen LogP contribution in [0.4, 0.5) is 14.9 Å². The predicted octanol–water partition coefficient (Wildman–Crippen LogP) is 5.18. The molecule has 0 saturated carbocycles. The van der Waals surface area contributed by atoms with Gasteiger partial charge < -0.3 is 15.2 Å². The quantitative estimate of drug-likeness (QED) is 0.664. The minimum absolute atomic E-state index is 0.163. The zero-order chi connectivity index (χ0) is 18.0. The molecule has 0 unspecified atom stereocenters. The van der Waals surface area contributed by atoms with E-state index in [-0.39, 0.29) is 11.7 Å². The first kappa shape index (κ1) is 17.2. The number of nitrogens with zero attached hydrogens (tertiary/aromatic N) is 1. The van der Waals surface area contributed by atoms with E-state index in [4.69, 9.17) is 0 Å². The molecule has 2 aromatic heterocycles. The lowest BCUT2D eigenvalue weighted by molar-refractivity contribution is 0.249. The van der Waals surface area contributed by atoms with Crippen molar-refractivity contribution in [1.29, 1.82) is 0 Å². The number of hydrogen-bond donors (Lipinski definition) is 2. The number of rotatable bonds is 4. The summed E-state index contributed by atoms with van der Waals surface area (Å²) in [6, 6.07) is 9.41. The number of aryl methyl sites for hydroxylation is 1. The van der Waals surface area contributed by atoms with Crippen LogP contribution in [0.3, 0.4) is 0 Å². The van der Waals surface area contributed by atoms with Gasteiger partial charge in [-0.2, -0.15) is 0 Å². The van der Waals surface area contributed by atoms with E-state index in [1.54, 1.807) is 23.5 Å². The summed E-state index contributed by atoms with van der Waals surface area (Å²) in [4.78, 5) is 13.5. The zero-order valence-corrected chi connectivity index (χ0v) is 15.2. The average molecular weight is 357 g/mol. The molecule has 4 nitrogen and oxygen atoms in total. The van der Waals surface area contributed by atoms with Crippen molar-refractivity contribution in [2.24, 2.45) is 0 Å². The fourth-order valence-corrected chi connectivity index (χ4v) is 4.01. The van der Waals surface area contributed by atoms with E-state index in [2.05, 4.69) is 24.5 Å². The summed E-state index contributed by atoms with van der Waals surface area (Å²) < 4.78 is 15.7. The van der Waals surface area contributed by atoms with Crippen molar-refractivity contribution in [2.75, 3.05) is 5.32 Å². The van der Waals surface area contributed by atoms with Crippen LogP contribution in [0.2, 0.25) is 0 Å². The Morgan fingerprint density at radius 1 is 1.16 bits per heavy atom. The minimum Gasteiger partial charge on any atom is -0.331 e. The van der Waals surface area contributed by atoms with Crippen LogP contribution in [0.5, 0.6) is 0 Å². The highest BCUT2D eigenvalue weighted by Gasteiger charge is 2.21. The summed E-state index contributed by atoms with van der Waals surface area (Å²) in [5, 5.41) is 6.55. The van der Waals surface area contributed by atoms with Gasteiger partial charge in [0.1, 0.15) is 10.8 Å². The highest BCUT2D eigenvalue weighted by Crippen LogP contribution is 2.35. The normalized spacial score (nSPS) is 12.0. The van der Waals surface area contributed by atoms with E-state index in [1.807, 2.05) is 36.0 Å². The number of anilines is 1. The van der Waals surface area contributed by atoms with Crippen LogP contribution in [-0.2, 0) is 0 Å². The second-order valence-electron chi connectivity index (χ2n) is 5.89. The summed E-state index contributed by atoms with van der Waals surface area (Å²) in [6.07, 6.45) is 3.97. The van der Waals surface area contributed by atoms with Crippen LogP contribution >= 0.6 is 11.3 Å². The van der Waals surface area contributed by atoms with Gasteiger partial charge in [0.05, 0.1) is 11.7 Å². The molecular formula is C19H20FN3OS. The zero-order valence-electron chi connectivity index (χ0n) is 14.3. The number of nitrogens with one attached hydrogen (secondary N) is 2. The molecule has 0 bridgehead atoms. The Labute approximate surface area is 150 Å². The maximum absolute atomic E-state index is 13.7. The van der Waals surface area contributed by atoms with Crippen molar-refractivity contribution in [2.45, 2.75) is 26.8 Å². The molecule has 1 aromatic carbocycles. The summed E-state index contributed by atoms with van der Waals surface area (Å²) >= 11 is 1.69. The molecule has 1 atom stereocenters. The average Bonchev–Trinajstić information content (AvgIpc) is 3.18. The van der Waals surface area contributed by atoms with E-state index in [0.29, 0.717) is 0 Å². The second-order valence-corrected chi connectivity index (χ2v) is 7.10. The fourth-order valence-electron chi connectivity index (χ4n) is 2.79. The third kappa shape index (κ3) is 3.58. The van der Waals surface area contributed by atoms with E-state index >= 15 is 0 Å². The molecule has 25 heavy (non-hydrogen) atoms. The molecule has 130 valence electrons. The lowest BCUT2D eigenvalue weighted by atomic mass is 10.1. The first-order valence-corrected chi connectivity index (χ1v) is 8.84. The Morgan fingerprint density at radius 2 is 1.84 bits per heavy atom. The Bertz CT molecular complexity index is 886. The summed E-state index contributed by atoms with van der Waals surface area (Å²) in [5.41, 5.74) is 2.39. The number of thiophene rings is 1. The van der Waals surface area contributed by atoms with Crippen LogP contribution in [0.25, 0.3) is 5.00 Å². The van der Waals surface area contributed by atoms with Gasteiger partial charge in [-0.1, -0.05) is 12.1 Å². The Morgan fingerprint density at radius 3 is 2.52 bits per heavy atom. The molecule has 0 aliphatic carbocycles. The van der Waals surface area contributed by atoms with Crippen LogP contribution in [0, 0.1) is 19.7 Å². The molecule has 2 amide bonds. The number of benzene rings is 1. The van der Waals surface area contributed by atoms with Gasteiger partial charge in [0.2, 0.25) is 0 Å². The van der Waals surface area contributed by atoms with Gasteiger partial charge in [-0.15, -0.1) is 11.3 Å². The Kier molecular flexibility index (Phi) is 4.90. The number of aromatic nitrogens is 1. The molecule has 0 fully saturated rings. The number of amides is 2. The molecule has 3 rings (SSSR count). The van der Waals surface area contributed by atoms with Gasteiger partial charge >= 0.3 is 6.03 Å². The molecule has 0 radical (unpaired) electrons. The number of halogens is 1. The molecule has 3 aromatic rings. The van der Waals surface area contributed by atoms with Crippen molar-refractivity contribution in [3.05, 3.63) is 70.6 Å². The smallest absolute Gasteiger partial charge is 0.319 e. The third-order valence-corrected chi connectivity index (χ3v) is 5.39. The summed E-state index contributed by atoms with van der Waals surface area (Å²) in [6.45, 7) is 6.06. The molecule has 2 N–H and O–H groups in total. The second kappa shape index (κ2) is 7.11. The number of urea groups is 1. The Hall–Kier alpha value is -2.60. The van der Waals surface area contributed by atoms with Gasteiger partial charge in [0, 0.05) is 22.8 Å². The van der Waals surface area contributed by atoms with Crippen molar-refractivity contribution < 1.29 is 9.18 Å². The van der Waals surface area contributed by atoms with E-state index in [9.17, 15) is 9.18 Å². The van der Waals surface area contributed by atoms with E-state index in [0.717, 1.165) is 16.1 Å². The van der Waals surface area contributed by atoms with Crippen molar-refractivity contribution in [3.63, 3.8) is 0 Å².